The number of amides is 1. The zero-order chi connectivity index (χ0) is 22.8. The van der Waals surface area contributed by atoms with Crippen molar-refractivity contribution >= 4 is 23.2 Å². The molecule has 0 aliphatic rings. The summed E-state index contributed by atoms with van der Waals surface area (Å²) in [4.78, 5) is 29.4. The van der Waals surface area contributed by atoms with Crippen LogP contribution in [0.15, 0.2) is 48.8 Å². The first-order valence-corrected chi connectivity index (χ1v) is 9.62. The highest BCUT2D eigenvalue weighted by atomic mass is 19.3. The normalized spacial score (nSPS) is 11.2. The average Bonchev–Trinajstić information content (AvgIpc) is 3.42. The van der Waals surface area contributed by atoms with Gasteiger partial charge < -0.3 is 10.1 Å². The third-order valence-electron chi connectivity index (χ3n) is 4.75. The van der Waals surface area contributed by atoms with Crippen molar-refractivity contribution in [2.24, 2.45) is 0 Å². The number of halogens is 2. The number of aryl methyl sites for hydroxylation is 1. The molecule has 32 heavy (non-hydrogen) atoms. The Kier molecular flexibility index (Phi) is 5.63. The van der Waals surface area contributed by atoms with Crippen LogP contribution in [0.3, 0.4) is 0 Å². The SMILES string of the molecule is CCn1cc(NC(=O)c2cnn3c(C(F)F)cc(-c4ccccc4)nc23)c(C(=O)OC)n1. The summed E-state index contributed by atoms with van der Waals surface area (Å²) in [5, 5.41) is 10.6. The van der Waals surface area contributed by atoms with Crippen LogP contribution < -0.4 is 5.32 Å². The molecule has 0 spiro atoms. The molecule has 1 N–H and O–H groups in total. The highest BCUT2D eigenvalue weighted by molar-refractivity contribution is 6.10. The van der Waals surface area contributed by atoms with Crippen LogP contribution in [-0.2, 0) is 11.3 Å². The van der Waals surface area contributed by atoms with Gasteiger partial charge in [0.2, 0.25) is 0 Å². The molecule has 3 aromatic heterocycles. The van der Waals surface area contributed by atoms with Crippen LogP contribution in [-0.4, -0.2) is 43.4 Å². The number of fused-ring (bicyclic) bond motifs is 1. The van der Waals surface area contributed by atoms with Crippen LogP contribution in [0.2, 0.25) is 0 Å². The van der Waals surface area contributed by atoms with E-state index in [9.17, 15) is 18.4 Å². The molecule has 4 rings (SSSR count). The second-order valence-electron chi connectivity index (χ2n) is 6.72. The van der Waals surface area contributed by atoms with E-state index in [4.69, 9.17) is 4.74 Å². The number of nitrogens with zero attached hydrogens (tertiary/aromatic N) is 5. The van der Waals surface area contributed by atoms with Crippen molar-refractivity contribution in [2.75, 3.05) is 12.4 Å². The number of carbonyl (C=O) groups is 2. The van der Waals surface area contributed by atoms with Gasteiger partial charge in [-0.1, -0.05) is 30.3 Å². The Morgan fingerprint density at radius 2 is 1.97 bits per heavy atom. The average molecular weight is 440 g/mol. The number of esters is 1. The quantitative estimate of drug-likeness (QED) is 0.460. The first-order valence-electron chi connectivity index (χ1n) is 9.62. The number of alkyl halides is 2. The number of aromatic nitrogens is 5. The third kappa shape index (κ3) is 3.80. The standard InChI is InChI=1S/C21H18F2N6O3/c1-3-28-11-15(17(27-28)21(31)32-2)26-20(30)13-10-24-29-16(18(22)23)9-14(25-19(13)29)12-7-5-4-6-8-12/h4-11,18H,3H2,1-2H3,(H,26,30). The summed E-state index contributed by atoms with van der Waals surface area (Å²) < 4.78 is 34.5. The molecule has 1 aromatic carbocycles. The molecule has 1 amide bonds. The molecule has 0 saturated carbocycles. The second-order valence-corrected chi connectivity index (χ2v) is 6.72. The fraction of sp³-hybridized carbons (Fsp3) is 0.190. The van der Waals surface area contributed by atoms with E-state index in [-0.39, 0.29) is 28.3 Å². The second kappa shape index (κ2) is 8.53. The molecule has 0 atom stereocenters. The minimum atomic E-state index is -2.84. The first-order chi connectivity index (χ1) is 15.4. The lowest BCUT2D eigenvalue weighted by molar-refractivity contribution is 0.0594. The Morgan fingerprint density at radius 1 is 1.22 bits per heavy atom. The van der Waals surface area contributed by atoms with E-state index in [1.54, 1.807) is 30.3 Å². The number of hydrogen-bond donors (Lipinski definition) is 1. The Balaban J connectivity index is 1.78. The van der Waals surface area contributed by atoms with Crippen LogP contribution in [0.1, 0.15) is 39.9 Å². The number of hydrogen-bond acceptors (Lipinski definition) is 6. The van der Waals surface area contributed by atoms with Gasteiger partial charge in [-0.2, -0.15) is 10.2 Å². The van der Waals surface area contributed by atoms with E-state index in [1.807, 2.05) is 6.92 Å². The lowest BCUT2D eigenvalue weighted by Crippen LogP contribution is -2.15. The zero-order valence-electron chi connectivity index (χ0n) is 17.1. The van der Waals surface area contributed by atoms with Crippen LogP contribution in [0.4, 0.5) is 14.5 Å². The fourth-order valence-electron chi connectivity index (χ4n) is 3.17. The number of benzene rings is 1. The van der Waals surface area contributed by atoms with E-state index in [0.29, 0.717) is 12.1 Å². The van der Waals surface area contributed by atoms with Crippen molar-refractivity contribution in [1.29, 1.82) is 0 Å². The summed E-state index contributed by atoms with van der Waals surface area (Å²) in [6.45, 7) is 2.27. The van der Waals surface area contributed by atoms with Gasteiger partial charge in [0.15, 0.2) is 11.3 Å². The summed E-state index contributed by atoms with van der Waals surface area (Å²) in [6.07, 6.45) is -0.212. The monoisotopic (exact) mass is 440 g/mol. The first kappa shape index (κ1) is 21.1. The molecule has 11 heteroatoms. The van der Waals surface area contributed by atoms with Crippen LogP contribution in [0.5, 0.6) is 0 Å². The summed E-state index contributed by atoms with van der Waals surface area (Å²) in [5.41, 5.74) is 0.453. The Bertz CT molecular complexity index is 1300. The van der Waals surface area contributed by atoms with Gasteiger partial charge in [0.25, 0.3) is 12.3 Å². The van der Waals surface area contributed by atoms with E-state index >= 15 is 0 Å². The Morgan fingerprint density at radius 3 is 2.62 bits per heavy atom. The van der Waals surface area contributed by atoms with E-state index in [1.165, 1.54) is 24.1 Å². The van der Waals surface area contributed by atoms with Gasteiger partial charge in [-0.3, -0.25) is 9.48 Å². The number of rotatable bonds is 6. The third-order valence-corrected chi connectivity index (χ3v) is 4.75. The number of ether oxygens (including phenoxy) is 1. The maximum atomic E-state index is 13.7. The molecule has 9 nitrogen and oxygen atoms in total. The molecule has 0 aliphatic heterocycles. The van der Waals surface area contributed by atoms with Gasteiger partial charge >= 0.3 is 5.97 Å². The molecule has 164 valence electrons. The van der Waals surface area contributed by atoms with Crippen molar-refractivity contribution in [1.82, 2.24) is 24.4 Å². The predicted molar refractivity (Wildman–Crippen MR) is 111 cm³/mol. The minimum absolute atomic E-state index is 0.0373. The van der Waals surface area contributed by atoms with Crippen LogP contribution >= 0.6 is 0 Å². The highest BCUT2D eigenvalue weighted by Crippen LogP contribution is 2.27. The Hall–Kier alpha value is -4.15. The van der Waals surface area contributed by atoms with Gasteiger partial charge in [0.05, 0.1) is 24.7 Å². The summed E-state index contributed by atoms with van der Waals surface area (Å²) in [6, 6.07) is 10.0. The zero-order valence-corrected chi connectivity index (χ0v) is 17.1. The van der Waals surface area contributed by atoms with E-state index in [0.717, 1.165) is 10.7 Å². The Labute approximate surface area is 180 Å². The molecule has 0 aliphatic carbocycles. The van der Waals surface area contributed by atoms with Gasteiger partial charge in [0, 0.05) is 18.3 Å². The summed E-state index contributed by atoms with van der Waals surface area (Å²) in [5.74, 6) is -1.41. The maximum Gasteiger partial charge on any atom is 0.360 e. The topological polar surface area (TPSA) is 103 Å². The van der Waals surface area contributed by atoms with Gasteiger partial charge in [-0.15, -0.1) is 0 Å². The van der Waals surface area contributed by atoms with Crippen molar-refractivity contribution in [3.8, 4) is 11.3 Å². The van der Waals surface area contributed by atoms with Crippen molar-refractivity contribution in [3.05, 3.63) is 65.7 Å². The molecule has 0 bridgehead atoms. The maximum absolute atomic E-state index is 13.7. The summed E-state index contributed by atoms with van der Waals surface area (Å²) in [7, 11) is 1.20. The largest absolute Gasteiger partial charge is 0.464 e. The molecule has 0 saturated heterocycles. The number of methoxy groups -OCH3 is 1. The van der Waals surface area contributed by atoms with E-state index in [2.05, 4.69) is 20.5 Å². The van der Waals surface area contributed by atoms with Crippen LogP contribution in [0, 0.1) is 0 Å². The lowest BCUT2D eigenvalue weighted by Gasteiger charge is -2.08. The van der Waals surface area contributed by atoms with Gasteiger partial charge in [-0.05, 0) is 13.0 Å². The summed E-state index contributed by atoms with van der Waals surface area (Å²) >= 11 is 0. The van der Waals surface area contributed by atoms with Gasteiger partial charge in [-0.25, -0.2) is 23.1 Å². The molecule has 0 fully saturated rings. The van der Waals surface area contributed by atoms with Crippen molar-refractivity contribution in [3.63, 3.8) is 0 Å². The van der Waals surface area contributed by atoms with E-state index < -0.39 is 24.0 Å². The molecule has 4 aromatic rings. The fourth-order valence-corrected chi connectivity index (χ4v) is 3.17. The highest BCUT2D eigenvalue weighted by Gasteiger charge is 2.24. The lowest BCUT2D eigenvalue weighted by atomic mass is 10.1. The van der Waals surface area contributed by atoms with Crippen molar-refractivity contribution < 1.29 is 23.1 Å². The van der Waals surface area contributed by atoms with Crippen molar-refractivity contribution in [2.45, 2.75) is 19.9 Å². The number of carbonyl (C=O) groups excluding carboxylic acids is 2. The predicted octanol–water partition coefficient (Wildman–Crippen LogP) is 3.59. The van der Waals surface area contributed by atoms with Gasteiger partial charge in [0.1, 0.15) is 11.3 Å². The minimum Gasteiger partial charge on any atom is -0.464 e. The molecular formula is C21H18F2N6O3. The molecule has 0 unspecified atom stereocenters. The number of nitrogens with one attached hydrogen (secondary N) is 1. The molecular weight excluding hydrogens is 422 g/mol. The molecule has 0 radical (unpaired) electrons. The number of anilines is 1. The van der Waals surface area contributed by atoms with Crippen LogP contribution in [0.25, 0.3) is 16.9 Å². The molecule has 3 heterocycles. The smallest absolute Gasteiger partial charge is 0.360 e.